The largest absolute Gasteiger partial charge is 0.355 e. The van der Waals surface area contributed by atoms with Crippen molar-refractivity contribution in [2.24, 2.45) is 0 Å². The molecule has 0 N–H and O–H groups in total. The molecule has 0 amide bonds. The van der Waals surface area contributed by atoms with Crippen LogP contribution in [0.25, 0.3) is 0 Å². The third-order valence-corrected chi connectivity index (χ3v) is 5.90. The van der Waals surface area contributed by atoms with Gasteiger partial charge in [-0.25, -0.2) is 9.97 Å². The van der Waals surface area contributed by atoms with Gasteiger partial charge >= 0.3 is 0 Å². The van der Waals surface area contributed by atoms with Crippen molar-refractivity contribution < 1.29 is 0 Å². The van der Waals surface area contributed by atoms with Crippen LogP contribution in [0.4, 0.5) is 5.82 Å². The van der Waals surface area contributed by atoms with Crippen LogP contribution < -0.4 is 4.90 Å². The van der Waals surface area contributed by atoms with Gasteiger partial charge in [-0.1, -0.05) is 35.2 Å². The first-order valence-corrected chi connectivity index (χ1v) is 8.88. The molecule has 1 heterocycles. The van der Waals surface area contributed by atoms with E-state index in [-0.39, 0.29) is 0 Å². The van der Waals surface area contributed by atoms with E-state index in [2.05, 4.69) is 37.8 Å². The lowest BCUT2D eigenvalue weighted by molar-refractivity contribution is 0.441. The summed E-state index contributed by atoms with van der Waals surface area (Å²) in [6, 6.07) is 0.575. The number of fused-ring (bicyclic) bond motifs is 1. The Morgan fingerprint density at radius 1 is 1.05 bits per heavy atom. The van der Waals surface area contributed by atoms with E-state index < -0.39 is 0 Å². The number of nitrogens with zero attached hydrogens (tertiary/aromatic N) is 3. The molecule has 1 aromatic rings. The molecule has 0 saturated heterocycles. The summed E-state index contributed by atoms with van der Waals surface area (Å²) in [5.41, 5.74) is 2.71. The minimum Gasteiger partial charge on any atom is -0.355 e. The van der Waals surface area contributed by atoms with Crippen molar-refractivity contribution in [3.63, 3.8) is 0 Å². The molecule has 0 aliphatic heterocycles. The van der Waals surface area contributed by atoms with Crippen molar-refractivity contribution in [3.05, 3.63) is 17.6 Å². The Balaban J connectivity index is 1.89. The normalized spacial score (nSPS) is 26.7. The van der Waals surface area contributed by atoms with Crippen LogP contribution in [-0.4, -0.2) is 27.9 Å². The second-order valence-corrected chi connectivity index (χ2v) is 7.34. The molecule has 20 heavy (non-hydrogen) atoms. The van der Waals surface area contributed by atoms with Gasteiger partial charge in [-0.2, -0.15) is 0 Å². The molecule has 0 spiro atoms. The summed E-state index contributed by atoms with van der Waals surface area (Å²) in [6.07, 6.45) is 13.2. The van der Waals surface area contributed by atoms with Gasteiger partial charge in [0.15, 0.2) is 0 Å². The predicted molar refractivity (Wildman–Crippen MR) is 86.7 cm³/mol. The van der Waals surface area contributed by atoms with Crippen LogP contribution >= 0.6 is 15.9 Å². The van der Waals surface area contributed by atoms with Crippen LogP contribution in [0.3, 0.4) is 0 Å². The van der Waals surface area contributed by atoms with Crippen LogP contribution in [0.5, 0.6) is 0 Å². The van der Waals surface area contributed by atoms with Crippen molar-refractivity contribution in [3.8, 4) is 0 Å². The molecule has 1 fully saturated rings. The van der Waals surface area contributed by atoms with Gasteiger partial charge in [0.25, 0.3) is 0 Å². The van der Waals surface area contributed by atoms with Gasteiger partial charge in [-0.3, -0.25) is 0 Å². The van der Waals surface area contributed by atoms with Crippen LogP contribution in [-0.2, 0) is 12.8 Å². The average Bonchev–Trinajstić information content (AvgIpc) is 2.72. The highest BCUT2D eigenvalue weighted by Crippen LogP contribution is 2.33. The Kier molecular flexibility index (Phi) is 4.59. The molecule has 1 saturated carbocycles. The Bertz CT molecular complexity index is 463. The van der Waals surface area contributed by atoms with Gasteiger partial charge in [-0.05, 0) is 38.5 Å². The first kappa shape index (κ1) is 14.3. The first-order valence-electron chi connectivity index (χ1n) is 7.97. The van der Waals surface area contributed by atoms with Gasteiger partial charge in [0.05, 0.1) is 0 Å². The number of halogens is 1. The lowest BCUT2D eigenvalue weighted by atomic mass is 9.94. The summed E-state index contributed by atoms with van der Waals surface area (Å²) in [6.45, 7) is 0. The maximum Gasteiger partial charge on any atom is 0.135 e. The third-order valence-electron chi connectivity index (χ3n) is 4.83. The number of anilines is 1. The van der Waals surface area contributed by atoms with E-state index in [9.17, 15) is 0 Å². The maximum absolute atomic E-state index is 4.64. The SMILES string of the molecule is CN(c1ncnc2c1CCCCC2)C1CCCCC1Br. The molecule has 0 bridgehead atoms. The van der Waals surface area contributed by atoms with Crippen LogP contribution in [0, 0.1) is 0 Å². The number of rotatable bonds is 2. The minimum atomic E-state index is 0.575. The van der Waals surface area contributed by atoms with Gasteiger partial charge in [0, 0.05) is 29.2 Å². The second kappa shape index (κ2) is 6.42. The Morgan fingerprint density at radius 3 is 2.70 bits per heavy atom. The molecule has 4 heteroatoms. The molecular weight excluding hydrogens is 314 g/mol. The maximum atomic E-state index is 4.64. The van der Waals surface area contributed by atoms with Gasteiger partial charge < -0.3 is 4.90 Å². The highest BCUT2D eigenvalue weighted by molar-refractivity contribution is 9.09. The van der Waals surface area contributed by atoms with E-state index in [4.69, 9.17) is 0 Å². The minimum absolute atomic E-state index is 0.575. The fourth-order valence-electron chi connectivity index (χ4n) is 3.64. The summed E-state index contributed by atoms with van der Waals surface area (Å²) >= 11 is 3.88. The smallest absolute Gasteiger partial charge is 0.135 e. The van der Waals surface area contributed by atoms with Crippen LogP contribution in [0.15, 0.2) is 6.33 Å². The zero-order chi connectivity index (χ0) is 13.9. The van der Waals surface area contributed by atoms with Crippen molar-refractivity contribution in [2.45, 2.75) is 68.7 Å². The fourth-order valence-corrected chi connectivity index (χ4v) is 4.59. The van der Waals surface area contributed by atoms with Crippen LogP contribution in [0.1, 0.15) is 56.2 Å². The highest BCUT2D eigenvalue weighted by atomic mass is 79.9. The van der Waals surface area contributed by atoms with Crippen molar-refractivity contribution in [1.82, 2.24) is 9.97 Å². The van der Waals surface area contributed by atoms with Gasteiger partial charge in [0.1, 0.15) is 12.1 Å². The van der Waals surface area contributed by atoms with E-state index in [1.54, 1.807) is 6.33 Å². The highest BCUT2D eigenvalue weighted by Gasteiger charge is 2.29. The number of aryl methyl sites for hydroxylation is 1. The number of hydrogen-bond acceptors (Lipinski definition) is 3. The number of alkyl halides is 1. The molecule has 2 aliphatic rings. The lowest BCUT2D eigenvalue weighted by Gasteiger charge is -2.36. The van der Waals surface area contributed by atoms with Crippen molar-refractivity contribution in [2.75, 3.05) is 11.9 Å². The molecule has 2 unspecified atom stereocenters. The quantitative estimate of drug-likeness (QED) is 0.605. The Morgan fingerprint density at radius 2 is 1.85 bits per heavy atom. The monoisotopic (exact) mass is 337 g/mol. The summed E-state index contributed by atoms with van der Waals surface area (Å²) in [5.74, 6) is 1.19. The summed E-state index contributed by atoms with van der Waals surface area (Å²) in [7, 11) is 2.22. The van der Waals surface area contributed by atoms with E-state index in [0.717, 1.165) is 12.8 Å². The lowest BCUT2D eigenvalue weighted by Crippen LogP contribution is -2.41. The molecule has 1 aromatic heterocycles. The molecule has 3 rings (SSSR count). The van der Waals surface area contributed by atoms with Crippen molar-refractivity contribution >= 4 is 21.7 Å². The summed E-state index contributed by atoms with van der Waals surface area (Å²) in [4.78, 5) is 12.2. The summed E-state index contributed by atoms with van der Waals surface area (Å²) < 4.78 is 0. The first-order chi connectivity index (χ1) is 9.77. The van der Waals surface area contributed by atoms with E-state index in [1.807, 2.05) is 0 Å². The van der Waals surface area contributed by atoms with E-state index >= 15 is 0 Å². The van der Waals surface area contributed by atoms with Gasteiger partial charge in [0.2, 0.25) is 0 Å². The zero-order valence-corrected chi connectivity index (χ0v) is 13.9. The zero-order valence-electron chi connectivity index (χ0n) is 12.3. The van der Waals surface area contributed by atoms with E-state index in [0.29, 0.717) is 10.9 Å². The standard InChI is InChI=1S/C16H24BrN3/c1-20(15-10-6-5-8-13(15)17)16-12-7-3-2-4-9-14(12)18-11-19-16/h11,13,15H,2-10H2,1H3. The van der Waals surface area contributed by atoms with Crippen molar-refractivity contribution in [1.29, 1.82) is 0 Å². The predicted octanol–water partition coefficient (Wildman–Crippen LogP) is 3.89. The van der Waals surface area contributed by atoms with Gasteiger partial charge in [-0.15, -0.1) is 0 Å². The second-order valence-electron chi connectivity index (χ2n) is 6.16. The molecule has 2 aliphatic carbocycles. The van der Waals surface area contributed by atoms with E-state index in [1.165, 1.54) is 62.0 Å². The Labute approximate surface area is 130 Å². The molecule has 2 atom stereocenters. The molecule has 3 nitrogen and oxygen atoms in total. The molecule has 110 valence electrons. The molecular formula is C16H24BrN3. The topological polar surface area (TPSA) is 29.0 Å². The molecule has 0 aromatic carbocycles. The molecule has 0 radical (unpaired) electrons. The number of hydrogen-bond donors (Lipinski definition) is 0. The summed E-state index contributed by atoms with van der Waals surface area (Å²) in [5, 5.41) is 0. The van der Waals surface area contributed by atoms with Crippen LogP contribution in [0.2, 0.25) is 0 Å². The Hall–Kier alpha value is -0.640. The number of aromatic nitrogens is 2. The average molecular weight is 338 g/mol. The fraction of sp³-hybridized carbons (Fsp3) is 0.750. The third kappa shape index (κ3) is 2.85.